The number of amides is 1. The number of methoxy groups -OCH3 is 1. The van der Waals surface area contributed by atoms with Crippen molar-refractivity contribution in [1.29, 1.82) is 0 Å². The average molecular weight is 311 g/mol. The molecule has 122 valence electrons. The topological polar surface area (TPSA) is 99.6 Å². The number of nitrogens with one attached hydrogen (secondary N) is 1. The van der Waals surface area contributed by atoms with Crippen LogP contribution in [-0.2, 0) is 11.3 Å². The third kappa shape index (κ3) is 4.54. The Kier molecular flexibility index (Phi) is 5.62. The van der Waals surface area contributed by atoms with Crippen LogP contribution in [-0.4, -0.2) is 18.8 Å². The van der Waals surface area contributed by atoms with E-state index in [1.165, 1.54) is 13.2 Å². The average Bonchev–Trinajstić information content (AvgIpc) is 2.43. The van der Waals surface area contributed by atoms with Crippen molar-refractivity contribution in [2.24, 2.45) is 11.5 Å². The molecule has 0 aliphatic rings. The fourth-order valence-corrected chi connectivity index (χ4v) is 1.77. The van der Waals surface area contributed by atoms with Gasteiger partial charge in [-0.15, -0.1) is 0 Å². The fraction of sp³-hybridized carbons (Fsp3) is 0.400. The molecule has 0 aliphatic heterocycles. The van der Waals surface area contributed by atoms with Crippen LogP contribution in [0, 0.1) is 5.82 Å². The first-order chi connectivity index (χ1) is 10.2. The van der Waals surface area contributed by atoms with E-state index in [0.717, 1.165) is 6.20 Å². The lowest BCUT2D eigenvalue weighted by Crippen LogP contribution is -2.32. The lowest BCUT2D eigenvalue weighted by atomic mass is 10.0. The SMILES string of the molecule is COc1ccc(/C(N)=C/N)c(CNC(=O)OC(C)(C)C)c1F. The van der Waals surface area contributed by atoms with Crippen LogP contribution in [0.2, 0.25) is 0 Å². The van der Waals surface area contributed by atoms with Crippen molar-refractivity contribution >= 4 is 11.8 Å². The molecule has 0 saturated heterocycles. The Morgan fingerprint density at radius 2 is 2.05 bits per heavy atom. The van der Waals surface area contributed by atoms with E-state index in [-0.39, 0.29) is 23.6 Å². The van der Waals surface area contributed by atoms with Gasteiger partial charge in [-0.2, -0.15) is 0 Å². The zero-order valence-electron chi connectivity index (χ0n) is 13.2. The number of ether oxygens (including phenoxy) is 2. The minimum absolute atomic E-state index is 0.0505. The van der Waals surface area contributed by atoms with Gasteiger partial charge in [0.15, 0.2) is 11.6 Å². The Balaban J connectivity index is 3.03. The van der Waals surface area contributed by atoms with E-state index < -0.39 is 17.5 Å². The minimum atomic E-state index is -0.657. The van der Waals surface area contributed by atoms with Gasteiger partial charge < -0.3 is 26.3 Å². The molecule has 0 fully saturated rings. The summed E-state index contributed by atoms with van der Waals surface area (Å²) in [5.74, 6) is -0.560. The van der Waals surface area contributed by atoms with Gasteiger partial charge in [-0.3, -0.25) is 0 Å². The van der Waals surface area contributed by atoms with Gasteiger partial charge in [0.2, 0.25) is 0 Å². The largest absolute Gasteiger partial charge is 0.494 e. The van der Waals surface area contributed by atoms with Crippen LogP contribution in [0.15, 0.2) is 18.3 Å². The lowest BCUT2D eigenvalue weighted by molar-refractivity contribution is 0.0523. The Morgan fingerprint density at radius 1 is 1.41 bits per heavy atom. The van der Waals surface area contributed by atoms with Crippen LogP contribution in [0.5, 0.6) is 5.75 Å². The van der Waals surface area contributed by atoms with Gasteiger partial charge >= 0.3 is 6.09 Å². The Labute approximate surface area is 129 Å². The first-order valence-corrected chi connectivity index (χ1v) is 6.69. The molecule has 0 unspecified atom stereocenters. The number of carbonyl (C=O) groups is 1. The predicted octanol–water partition coefficient (Wildman–Crippen LogP) is 2.07. The summed E-state index contributed by atoms with van der Waals surface area (Å²) in [6.45, 7) is 5.10. The molecule has 22 heavy (non-hydrogen) atoms. The van der Waals surface area contributed by atoms with Crippen molar-refractivity contribution in [3.63, 3.8) is 0 Å². The van der Waals surface area contributed by atoms with E-state index in [1.807, 2.05) is 0 Å². The highest BCUT2D eigenvalue weighted by atomic mass is 19.1. The highest BCUT2D eigenvalue weighted by Gasteiger charge is 2.19. The van der Waals surface area contributed by atoms with E-state index in [0.29, 0.717) is 5.56 Å². The molecule has 0 atom stereocenters. The van der Waals surface area contributed by atoms with Gasteiger partial charge in [0.05, 0.1) is 12.8 Å². The normalized spacial score (nSPS) is 12.0. The summed E-state index contributed by atoms with van der Waals surface area (Å²) < 4.78 is 24.4. The summed E-state index contributed by atoms with van der Waals surface area (Å²) in [7, 11) is 1.35. The number of hydrogen-bond acceptors (Lipinski definition) is 5. The molecule has 6 nitrogen and oxygen atoms in total. The zero-order valence-corrected chi connectivity index (χ0v) is 13.2. The van der Waals surface area contributed by atoms with E-state index in [9.17, 15) is 9.18 Å². The molecule has 1 amide bonds. The van der Waals surface area contributed by atoms with Gasteiger partial charge in [-0.1, -0.05) is 0 Å². The Hall–Kier alpha value is -2.44. The second kappa shape index (κ2) is 7.02. The number of nitrogens with two attached hydrogens (primary N) is 2. The second-order valence-corrected chi connectivity index (χ2v) is 5.59. The smallest absolute Gasteiger partial charge is 0.407 e. The maximum Gasteiger partial charge on any atom is 0.407 e. The standard InChI is InChI=1S/C15H22FN3O3/c1-15(2,3)22-14(20)19-8-10-9(11(18)7-17)5-6-12(21-4)13(10)16/h5-7H,8,17-18H2,1-4H3,(H,19,20)/b11-7-. The van der Waals surface area contributed by atoms with Crippen molar-refractivity contribution in [3.8, 4) is 5.75 Å². The fourth-order valence-electron chi connectivity index (χ4n) is 1.77. The monoisotopic (exact) mass is 311 g/mol. The maximum atomic E-state index is 14.4. The molecule has 0 heterocycles. The molecule has 5 N–H and O–H groups in total. The molecule has 0 aliphatic carbocycles. The third-order valence-corrected chi connectivity index (χ3v) is 2.73. The van der Waals surface area contributed by atoms with Crippen molar-refractivity contribution < 1.29 is 18.7 Å². The van der Waals surface area contributed by atoms with Crippen molar-refractivity contribution in [3.05, 3.63) is 35.3 Å². The van der Waals surface area contributed by atoms with E-state index in [1.54, 1.807) is 26.8 Å². The minimum Gasteiger partial charge on any atom is -0.494 e. The van der Waals surface area contributed by atoms with Crippen molar-refractivity contribution in [2.75, 3.05) is 7.11 Å². The zero-order chi connectivity index (χ0) is 16.9. The number of rotatable bonds is 4. The van der Waals surface area contributed by atoms with E-state index in [4.69, 9.17) is 20.9 Å². The summed E-state index contributed by atoms with van der Waals surface area (Å²) in [4.78, 5) is 11.7. The Bertz CT molecular complexity index is 580. The van der Waals surface area contributed by atoms with Crippen LogP contribution >= 0.6 is 0 Å². The summed E-state index contributed by atoms with van der Waals surface area (Å²) in [6.07, 6.45) is 0.508. The molecule has 0 aromatic heterocycles. The van der Waals surface area contributed by atoms with Crippen molar-refractivity contribution in [1.82, 2.24) is 5.32 Å². The number of benzene rings is 1. The molecule has 0 saturated carbocycles. The first kappa shape index (κ1) is 17.6. The summed E-state index contributed by atoms with van der Waals surface area (Å²) in [5, 5.41) is 2.49. The lowest BCUT2D eigenvalue weighted by Gasteiger charge is -2.20. The van der Waals surface area contributed by atoms with Gasteiger partial charge in [0.25, 0.3) is 0 Å². The number of halogens is 1. The highest BCUT2D eigenvalue weighted by Crippen LogP contribution is 2.26. The third-order valence-electron chi connectivity index (χ3n) is 2.73. The van der Waals surface area contributed by atoms with Gasteiger partial charge in [0, 0.05) is 23.9 Å². The summed E-state index contributed by atoms with van der Waals surface area (Å²) in [5.41, 5.74) is 11.2. The molecule has 7 heteroatoms. The van der Waals surface area contributed by atoms with Crippen LogP contribution in [0.1, 0.15) is 31.9 Å². The quantitative estimate of drug-likeness (QED) is 0.790. The number of carbonyl (C=O) groups excluding carboxylic acids is 1. The van der Waals surface area contributed by atoms with E-state index >= 15 is 0 Å². The summed E-state index contributed by atoms with van der Waals surface area (Å²) >= 11 is 0. The maximum absolute atomic E-state index is 14.4. The first-order valence-electron chi connectivity index (χ1n) is 6.69. The molecule has 1 rings (SSSR count). The van der Waals surface area contributed by atoms with Crippen molar-refractivity contribution in [2.45, 2.75) is 32.9 Å². The predicted molar refractivity (Wildman–Crippen MR) is 82.4 cm³/mol. The molecular weight excluding hydrogens is 289 g/mol. The number of alkyl carbamates (subject to hydrolysis) is 1. The van der Waals surface area contributed by atoms with Crippen LogP contribution in [0.3, 0.4) is 0 Å². The number of hydrogen-bond donors (Lipinski definition) is 3. The van der Waals surface area contributed by atoms with Gasteiger partial charge in [0.1, 0.15) is 5.60 Å². The van der Waals surface area contributed by atoms with Crippen LogP contribution in [0.4, 0.5) is 9.18 Å². The molecule has 1 aromatic rings. The summed E-state index contributed by atoms with van der Waals surface area (Å²) in [6, 6.07) is 3.02. The second-order valence-electron chi connectivity index (χ2n) is 5.59. The van der Waals surface area contributed by atoms with E-state index in [2.05, 4.69) is 5.32 Å². The van der Waals surface area contributed by atoms with Crippen LogP contribution in [0.25, 0.3) is 5.70 Å². The molecule has 0 radical (unpaired) electrons. The van der Waals surface area contributed by atoms with Gasteiger partial charge in [-0.25, -0.2) is 9.18 Å². The molecule has 0 bridgehead atoms. The highest BCUT2D eigenvalue weighted by molar-refractivity contribution is 5.70. The Morgan fingerprint density at radius 3 is 2.55 bits per heavy atom. The van der Waals surface area contributed by atoms with Crippen LogP contribution < -0.4 is 21.5 Å². The molecular formula is C15H22FN3O3. The molecule has 0 spiro atoms. The molecule has 1 aromatic carbocycles. The van der Waals surface area contributed by atoms with Gasteiger partial charge in [-0.05, 0) is 32.9 Å².